The van der Waals surface area contributed by atoms with E-state index in [2.05, 4.69) is 10.4 Å². The maximum absolute atomic E-state index is 11.9. The Bertz CT molecular complexity index is 855. The predicted octanol–water partition coefficient (Wildman–Crippen LogP) is 1.55. The van der Waals surface area contributed by atoms with Crippen LogP contribution in [0.4, 0.5) is 22.9 Å². The minimum Gasteiger partial charge on any atom is -0.358 e. The maximum atomic E-state index is 11.9. The number of nitro benzene ring substituents is 2. The van der Waals surface area contributed by atoms with Crippen molar-refractivity contribution in [3.05, 3.63) is 60.3 Å². The Morgan fingerprint density at radius 1 is 1.12 bits per heavy atom. The summed E-state index contributed by atoms with van der Waals surface area (Å²) in [6, 6.07) is 3.08. The van der Waals surface area contributed by atoms with Crippen molar-refractivity contribution in [1.29, 1.82) is 0 Å². The molecule has 0 aliphatic carbocycles. The molecule has 0 aliphatic heterocycles. The van der Waals surface area contributed by atoms with Gasteiger partial charge in [-0.15, -0.1) is 0 Å². The molecular weight excluding hydrogens is 340 g/mol. The molecule has 0 radical (unpaired) electrons. The zero-order valence-corrected chi connectivity index (χ0v) is 12.6. The number of aromatic nitrogens is 2. The van der Waals surface area contributed by atoms with E-state index in [0.29, 0.717) is 0 Å². The van der Waals surface area contributed by atoms with E-state index in [9.17, 15) is 35.1 Å². The van der Waals surface area contributed by atoms with E-state index in [-0.39, 0.29) is 11.3 Å². The van der Waals surface area contributed by atoms with Crippen molar-refractivity contribution in [2.75, 3.05) is 5.32 Å². The number of nitrogens with one attached hydrogen (secondary N) is 1. The smallest absolute Gasteiger partial charge is 0.358 e. The van der Waals surface area contributed by atoms with Gasteiger partial charge in [-0.05, 0) is 11.8 Å². The van der Waals surface area contributed by atoms with Crippen LogP contribution in [-0.2, 0) is 11.3 Å². The number of anilines is 1. The first-order chi connectivity index (χ1) is 11.7. The lowest BCUT2D eigenvalue weighted by atomic mass is 10.1. The molecule has 0 bridgehead atoms. The molecule has 0 aliphatic rings. The SMILES string of the molecule is Cc1c([N+](=O)[O-])cc(NC(=O)Cn2ccc([N+](=O)[O-])n2)cc1[N+](=O)[O-]. The Labute approximate surface area is 138 Å². The molecule has 0 saturated heterocycles. The van der Waals surface area contributed by atoms with Gasteiger partial charge < -0.3 is 15.4 Å². The number of rotatable bonds is 6. The van der Waals surface area contributed by atoms with Crippen LogP contribution in [0.1, 0.15) is 5.56 Å². The van der Waals surface area contributed by atoms with Crippen LogP contribution in [0.2, 0.25) is 0 Å². The second kappa shape index (κ2) is 6.69. The molecule has 2 aromatic rings. The van der Waals surface area contributed by atoms with Crippen LogP contribution in [0.3, 0.4) is 0 Å². The van der Waals surface area contributed by atoms with Crippen molar-refractivity contribution >= 4 is 28.8 Å². The van der Waals surface area contributed by atoms with E-state index in [4.69, 9.17) is 0 Å². The van der Waals surface area contributed by atoms with Crippen molar-refractivity contribution in [3.63, 3.8) is 0 Å². The second-order valence-corrected chi connectivity index (χ2v) is 4.83. The average Bonchev–Trinajstić information content (AvgIpc) is 2.96. The Hall–Kier alpha value is -3.90. The number of amides is 1. The number of carbonyl (C=O) groups excluding carboxylic acids is 1. The third-order valence-electron chi connectivity index (χ3n) is 3.15. The molecule has 0 fully saturated rings. The Balaban J connectivity index is 2.23. The van der Waals surface area contributed by atoms with Crippen LogP contribution in [0.25, 0.3) is 0 Å². The number of hydrogen-bond donors (Lipinski definition) is 1. The summed E-state index contributed by atoms with van der Waals surface area (Å²) in [6.07, 6.45) is 1.21. The molecule has 0 atom stereocenters. The largest absolute Gasteiger partial charge is 0.389 e. The zero-order valence-electron chi connectivity index (χ0n) is 12.6. The molecule has 2 rings (SSSR count). The summed E-state index contributed by atoms with van der Waals surface area (Å²) in [5, 5.41) is 38.3. The third-order valence-corrected chi connectivity index (χ3v) is 3.15. The number of nitro groups is 3. The fraction of sp³-hybridized carbons (Fsp3) is 0.167. The van der Waals surface area contributed by atoms with Gasteiger partial charge >= 0.3 is 5.82 Å². The van der Waals surface area contributed by atoms with Gasteiger partial charge in [-0.1, -0.05) is 0 Å². The van der Waals surface area contributed by atoms with Crippen molar-refractivity contribution in [2.45, 2.75) is 13.5 Å². The molecule has 1 amide bonds. The second-order valence-electron chi connectivity index (χ2n) is 4.83. The fourth-order valence-corrected chi connectivity index (χ4v) is 2.02. The number of nitrogens with zero attached hydrogens (tertiary/aromatic N) is 5. The van der Waals surface area contributed by atoms with E-state index in [1.165, 1.54) is 13.1 Å². The highest BCUT2D eigenvalue weighted by atomic mass is 16.6. The summed E-state index contributed by atoms with van der Waals surface area (Å²) in [7, 11) is 0. The van der Waals surface area contributed by atoms with Crippen LogP contribution >= 0.6 is 0 Å². The molecule has 1 N–H and O–H groups in total. The van der Waals surface area contributed by atoms with Crippen LogP contribution in [0.15, 0.2) is 24.4 Å². The van der Waals surface area contributed by atoms with E-state index in [1.54, 1.807) is 0 Å². The zero-order chi connectivity index (χ0) is 18.7. The van der Waals surface area contributed by atoms with E-state index < -0.39 is 44.4 Å². The lowest BCUT2D eigenvalue weighted by Crippen LogP contribution is -2.19. The molecule has 0 saturated carbocycles. The highest BCUT2D eigenvalue weighted by molar-refractivity contribution is 5.91. The van der Waals surface area contributed by atoms with Crippen molar-refractivity contribution < 1.29 is 19.6 Å². The van der Waals surface area contributed by atoms with E-state index in [0.717, 1.165) is 22.9 Å². The molecule has 0 unspecified atom stereocenters. The van der Waals surface area contributed by atoms with Gasteiger partial charge in [0, 0.05) is 12.1 Å². The lowest BCUT2D eigenvalue weighted by Gasteiger charge is -2.06. The molecule has 1 heterocycles. The van der Waals surface area contributed by atoms with Gasteiger partial charge in [-0.25, -0.2) is 0 Å². The summed E-state index contributed by atoms with van der Waals surface area (Å²) in [4.78, 5) is 42.1. The van der Waals surface area contributed by atoms with Crippen molar-refractivity contribution in [1.82, 2.24) is 9.78 Å². The fourth-order valence-electron chi connectivity index (χ4n) is 2.02. The summed E-state index contributed by atoms with van der Waals surface area (Å²) in [6.45, 7) is 0.814. The number of benzene rings is 1. The maximum Gasteiger partial charge on any atom is 0.389 e. The van der Waals surface area contributed by atoms with Gasteiger partial charge in [-0.2, -0.15) is 4.68 Å². The summed E-state index contributed by atoms with van der Waals surface area (Å²) >= 11 is 0. The predicted molar refractivity (Wildman–Crippen MR) is 82.0 cm³/mol. The van der Waals surface area contributed by atoms with Gasteiger partial charge in [0.1, 0.15) is 12.1 Å². The highest BCUT2D eigenvalue weighted by Gasteiger charge is 2.24. The minimum atomic E-state index is -0.797. The Morgan fingerprint density at radius 2 is 1.68 bits per heavy atom. The molecule has 13 nitrogen and oxygen atoms in total. The average molecular weight is 350 g/mol. The standard InChI is InChI=1S/C12H10N6O7/c1-7-9(16(20)21)4-8(5-10(7)17(22)23)13-12(19)6-15-3-2-11(14-15)18(24)25/h2-5H,6H2,1H3,(H,13,19). The first-order valence-electron chi connectivity index (χ1n) is 6.60. The summed E-state index contributed by atoms with van der Waals surface area (Å²) < 4.78 is 0.991. The quantitative estimate of drug-likeness (QED) is 0.602. The minimum absolute atomic E-state index is 0.143. The normalized spacial score (nSPS) is 10.3. The van der Waals surface area contributed by atoms with Crippen LogP contribution in [-0.4, -0.2) is 30.5 Å². The first kappa shape index (κ1) is 17.5. The Morgan fingerprint density at radius 3 is 2.12 bits per heavy atom. The molecule has 25 heavy (non-hydrogen) atoms. The van der Waals surface area contributed by atoms with Crippen LogP contribution < -0.4 is 5.32 Å². The topological polar surface area (TPSA) is 176 Å². The molecule has 0 spiro atoms. The molecule has 1 aromatic heterocycles. The molecule has 130 valence electrons. The van der Waals surface area contributed by atoms with E-state index >= 15 is 0 Å². The van der Waals surface area contributed by atoms with Crippen molar-refractivity contribution in [3.8, 4) is 0 Å². The first-order valence-corrected chi connectivity index (χ1v) is 6.60. The van der Waals surface area contributed by atoms with Crippen LogP contribution in [0, 0.1) is 37.3 Å². The number of carbonyl (C=O) groups is 1. The Kier molecular flexibility index (Phi) is 4.67. The highest BCUT2D eigenvalue weighted by Crippen LogP contribution is 2.31. The summed E-state index contributed by atoms with van der Waals surface area (Å²) in [5.74, 6) is -1.17. The molecular formula is C12H10N6O7. The van der Waals surface area contributed by atoms with Crippen LogP contribution in [0.5, 0.6) is 0 Å². The van der Waals surface area contributed by atoms with Gasteiger partial charge in [-0.3, -0.25) is 25.0 Å². The third kappa shape index (κ3) is 3.90. The van der Waals surface area contributed by atoms with Gasteiger partial charge in [0.25, 0.3) is 11.4 Å². The summed E-state index contributed by atoms with van der Waals surface area (Å²) in [5.41, 5.74) is -1.31. The van der Waals surface area contributed by atoms with Gasteiger partial charge in [0.05, 0.1) is 32.9 Å². The van der Waals surface area contributed by atoms with Crippen molar-refractivity contribution in [2.24, 2.45) is 0 Å². The number of hydrogen-bond acceptors (Lipinski definition) is 8. The van der Waals surface area contributed by atoms with Gasteiger partial charge in [0.2, 0.25) is 5.91 Å². The monoisotopic (exact) mass is 350 g/mol. The molecule has 13 heteroatoms. The van der Waals surface area contributed by atoms with E-state index in [1.807, 2.05) is 0 Å². The molecule has 1 aromatic carbocycles. The van der Waals surface area contributed by atoms with Gasteiger partial charge in [0.15, 0.2) is 0 Å². The lowest BCUT2D eigenvalue weighted by molar-refractivity contribution is -0.395.